The lowest BCUT2D eigenvalue weighted by Crippen LogP contribution is -2.44. The number of hydrogen-bond acceptors (Lipinski definition) is 5. The van der Waals surface area contributed by atoms with Gasteiger partial charge in [-0.1, -0.05) is 43.2 Å². The van der Waals surface area contributed by atoms with Crippen LogP contribution >= 0.6 is 0 Å². The molecule has 1 fully saturated rings. The Kier molecular flexibility index (Phi) is 5.40. The molecule has 1 aliphatic rings. The monoisotopic (exact) mass is 355 g/mol. The molecule has 0 atom stereocenters. The van der Waals surface area contributed by atoms with E-state index in [2.05, 4.69) is 27.4 Å². The van der Waals surface area contributed by atoms with Gasteiger partial charge in [0.15, 0.2) is 0 Å². The number of nitrogens with zero attached hydrogens (tertiary/aromatic N) is 2. The molecule has 0 spiro atoms. The second-order valence-electron chi connectivity index (χ2n) is 6.66. The zero-order valence-corrected chi connectivity index (χ0v) is 15.5. The van der Waals surface area contributed by atoms with Crippen LogP contribution < -0.4 is 14.8 Å². The van der Waals surface area contributed by atoms with E-state index in [4.69, 9.17) is 9.47 Å². The highest BCUT2D eigenvalue weighted by Crippen LogP contribution is 2.38. The van der Waals surface area contributed by atoms with Crippen LogP contribution in [0.25, 0.3) is 0 Å². The van der Waals surface area contributed by atoms with Crippen molar-refractivity contribution in [3.8, 4) is 11.9 Å². The van der Waals surface area contributed by atoms with Crippen LogP contribution in [0.15, 0.2) is 30.3 Å². The number of methoxy groups -OCH3 is 2. The first kappa shape index (κ1) is 18.2. The molecule has 138 valence electrons. The average molecular weight is 355 g/mol. The fraction of sp³-hybridized carbons (Fsp3) is 0.450. The molecular weight excluding hydrogens is 330 g/mol. The number of aryl methyl sites for hydroxylation is 1. The Morgan fingerprint density at radius 2 is 1.81 bits per heavy atom. The molecule has 3 rings (SSSR count). The molecule has 0 aliphatic heterocycles. The minimum atomic E-state index is -0.285. The standard InChI is InChI=1S/C20H25N3O3/c1-14-16(18(25-2)22-19(21-14)26-3)13-17(24)23-20(11-7-8-12-20)15-9-5-4-6-10-15/h4-6,9-10H,7-8,11-13H2,1-3H3,(H,23,24). The summed E-state index contributed by atoms with van der Waals surface area (Å²) < 4.78 is 10.4. The highest BCUT2D eigenvalue weighted by molar-refractivity contribution is 5.80. The largest absolute Gasteiger partial charge is 0.481 e. The summed E-state index contributed by atoms with van der Waals surface area (Å²) in [5, 5.41) is 3.28. The molecule has 1 saturated carbocycles. The highest BCUT2D eigenvalue weighted by Gasteiger charge is 2.37. The summed E-state index contributed by atoms with van der Waals surface area (Å²) in [5.74, 6) is 0.329. The maximum absolute atomic E-state index is 12.9. The summed E-state index contributed by atoms with van der Waals surface area (Å²) >= 11 is 0. The highest BCUT2D eigenvalue weighted by atomic mass is 16.5. The second kappa shape index (κ2) is 7.72. The van der Waals surface area contributed by atoms with Gasteiger partial charge in [0.1, 0.15) is 0 Å². The van der Waals surface area contributed by atoms with Gasteiger partial charge in [-0.25, -0.2) is 4.98 Å². The van der Waals surface area contributed by atoms with Gasteiger partial charge in [-0.05, 0) is 25.3 Å². The van der Waals surface area contributed by atoms with Crippen molar-refractivity contribution in [3.05, 3.63) is 47.2 Å². The molecule has 1 aliphatic carbocycles. The van der Waals surface area contributed by atoms with Gasteiger partial charge in [-0.15, -0.1) is 0 Å². The molecule has 6 nitrogen and oxygen atoms in total. The molecule has 2 aromatic rings. The molecule has 1 aromatic heterocycles. The number of aromatic nitrogens is 2. The number of nitrogens with one attached hydrogen (secondary N) is 1. The molecule has 0 bridgehead atoms. The molecule has 1 aromatic carbocycles. The van der Waals surface area contributed by atoms with Gasteiger partial charge in [-0.2, -0.15) is 4.98 Å². The summed E-state index contributed by atoms with van der Waals surface area (Å²) in [5.41, 5.74) is 2.25. The normalized spacial score (nSPS) is 15.5. The molecule has 1 amide bonds. The first-order valence-corrected chi connectivity index (χ1v) is 8.90. The van der Waals surface area contributed by atoms with Crippen LogP contribution in [0.2, 0.25) is 0 Å². The van der Waals surface area contributed by atoms with Crippen molar-refractivity contribution < 1.29 is 14.3 Å². The second-order valence-corrected chi connectivity index (χ2v) is 6.66. The van der Waals surface area contributed by atoms with E-state index in [0.29, 0.717) is 17.1 Å². The Balaban J connectivity index is 1.82. The third-order valence-corrected chi connectivity index (χ3v) is 5.03. The van der Waals surface area contributed by atoms with Crippen LogP contribution in [-0.4, -0.2) is 30.1 Å². The maximum atomic E-state index is 12.9. The Morgan fingerprint density at radius 1 is 1.12 bits per heavy atom. The maximum Gasteiger partial charge on any atom is 0.319 e. The van der Waals surface area contributed by atoms with Crippen molar-refractivity contribution in [2.24, 2.45) is 0 Å². The van der Waals surface area contributed by atoms with Crippen molar-refractivity contribution in [1.29, 1.82) is 0 Å². The summed E-state index contributed by atoms with van der Waals surface area (Å²) in [7, 11) is 3.04. The van der Waals surface area contributed by atoms with Crippen LogP contribution in [0.4, 0.5) is 0 Å². The van der Waals surface area contributed by atoms with Gasteiger partial charge in [0.25, 0.3) is 0 Å². The lowest BCUT2D eigenvalue weighted by molar-refractivity contribution is -0.122. The van der Waals surface area contributed by atoms with E-state index < -0.39 is 0 Å². The van der Waals surface area contributed by atoms with Crippen LogP contribution in [0.1, 0.15) is 42.5 Å². The molecule has 6 heteroatoms. The Morgan fingerprint density at radius 3 is 2.42 bits per heavy atom. The molecule has 1 N–H and O–H groups in total. The summed E-state index contributed by atoms with van der Waals surface area (Å²) in [4.78, 5) is 21.3. The minimum Gasteiger partial charge on any atom is -0.481 e. The fourth-order valence-corrected chi connectivity index (χ4v) is 3.70. The van der Waals surface area contributed by atoms with Crippen molar-refractivity contribution in [2.45, 2.75) is 44.6 Å². The zero-order valence-electron chi connectivity index (χ0n) is 15.5. The van der Waals surface area contributed by atoms with E-state index >= 15 is 0 Å². The predicted octanol–water partition coefficient (Wildman–Crippen LogP) is 2.93. The number of benzene rings is 1. The van der Waals surface area contributed by atoms with Crippen molar-refractivity contribution in [3.63, 3.8) is 0 Å². The van der Waals surface area contributed by atoms with E-state index in [9.17, 15) is 4.79 Å². The first-order valence-electron chi connectivity index (χ1n) is 8.90. The zero-order chi connectivity index (χ0) is 18.6. The number of amides is 1. The van der Waals surface area contributed by atoms with Crippen LogP contribution in [-0.2, 0) is 16.8 Å². The minimum absolute atomic E-state index is 0.0501. The molecule has 0 radical (unpaired) electrons. The molecule has 26 heavy (non-hydrogen) atoms. The van der Waals surface area contributed by atoms with Gasteiger partial charge in [-0.3, -0.25) is 4.79 Å². The van der Waals surface area contributed by atoms with Gasteiger partial charge >= 0.3 is 6.01 Å². The van der Waals surface area contributed by atoms with Gasteiger partial charge in [0, 0.05) is 5.56 Å². The topological polar surface area (TPSA) is 73.3 Å². The van der Waals surface area contributed by atoms with Gasteiger partial charge < -0.3 is 14.8 Å². The number of ether oxygens (including phenoxy) is 2. The van der Waals surface area contributed by atoms with E-state index in [1.165, 1.54) is 19.8 Å². The number of carbonyl (C=O) groups excluding carboxylic acids is 1. The summed E-state index contributed by atoms with van der Waals surface area (Å²) in [6.07, 6.45) is 4.32. The SMILES string of the molecule is COc1nc(C)c(CC(=O)NC2(c3ccccc3)CCCC2)c(OC)n1. The van der Waals surface area contributed by atoms with Crippen molar-refractivity contribution in [2.75, 3.05) is 14.2 Å². The average Bonchev–Trinajstić information content (AvgIpc) is 3.13. The summed E-state index contributed by atoms with van der Waals surface area (Å²) in [6, 6.07) is 10.5. The van der Waals surface area contributed by atoms with Gasteiger partial charge in [0.05, 0.1) is 31.9 Å². The van der Waals surface area contributed by atoms with Crippen LogP contribution in [0.5, 0.6) is 11.9 Å². The number of hydrogen-bond donors (Lipinski definition) is 1. The van der Waals surface area contributed by atoms with E-state index in [1.54, 1.807) is 0 Å². The van der Waals surface area contributed by atoms with Gasteiger partial charge in [0.2, 0.25) is 11.8 Å². The first-order chi connectivity index (χ1) is 12.6. The summed E-state index contributed by atoms with van der Waals surface area (Å²) in [6.45, 7) is 1.83. The van der Waals surface area contributed by atoms with Crippen molar-refractivity contribution in [1.82, 2.24) is 15.3 Å². The Bertz CT molecular complexity index is 771. The van der Waals surface area contributed by atoms with E-state index in [1.807, 2.05) is 25.1 Å². The van der Waals surface area contributed by atoms with Crippen molar-refractivity contribution >= 4 is 5.91 Å². The lowest BCUT2D eigenvalue weighted by Gasteiger charge is -2.31. The Labute approximate surface area is 154 Å². The Hall–Kier alpha value is -2.63. The third-order valence-electron chi connectivity index (χ3n) is 5.03. The molecular formula is C20H25N3O3. The lowest BCUT2D eigenvalue weighted by atomic mass is 9.88. The molecule has 0 unspecified atom stereocenters. The molecule has 0 saturated heterocycles. The third kappa shape index (κ3) is 3.64. The quantitative estimate of drug-likeness (QED) is 0.862. The van der Waals surface area contributed by atoms with E-state index in [0.717, 1.165) is 25.7 Å². The smallest absolute Gasteiger partial charge is 0.319 e. The van der Waals surface area contributed by atoms with Crippen LogP contribution in [0.3, 0.4) is 0 Å². The number of carbonyl (C=O) groups is 1. The predicted molar refractivity (Wildman–Crippen MR) is 98.3 cm³/mol. The van der Waals surface area contributed by atoms with E-state index in [-0.39, 0.29) is 23.9 Å². The van der Waals surface area contributed by atoms with Crippen LogP contribution in [0, 0.1) is 6.92 Å². The number of rotatable bonds is 6. The molecule has 1 heterocycles. The fourth-order valence-electron chi connectivity index (χ4n) is 3.70.